The normalized spacial score (nSPS) is 36.5. The summed E-state index contributed by atoms with van der Waals surface area (Å²) in [6.07, 6.45) is 5.55. The summed E-state index contributed by atoms with van der Waals surface area (Å²) in [5, 5.41) is 0.926. The largest absolute Gasteiger partial charge is 0.0837 e. The van der Waals surface area contributed by atoms with Gasteiger partial charge in [-0.1, -0.05) is 61.8 Å². The summed E-state index contributed by atoms with van der Waals surface area (Å²) in [6.45, 7) is 4.96. The summed E-state index contributed by atoms with van der Waals surface area (Å²) in [6, 6.07) is 15.7. The number of hydrogen-bond acceptors (Lipinski definition) is 0. The van der Waals surface area contributed by atoms with E-state index in [0.717, 1.165) is 22.8 Å². The Morgan fingerprint density at radius 1 is 0.875 bits per heavy atom. The second-order valence-corrected chi connectivity index (χ2v) is 9.00. The lowest BCUT2D eigenvalue weighted by Gasteiger charge is -2.54. The van der Waals surface area contributed by atoms with Gasteiger partial charge >= 0.3 is 0 Å². The lowest BCUT2D eigenvalue weighted by Crippen LogP contribution is -2.49. The molecule has 0 nitrogen and oxygen atoms in total. The Morgan fingerprint density at radius 3 is 2.54 bits per heavy atom. The fourth-order valence-corrected chi connectivity index (χ4v) is 6.99. The van der Waals surface area contributed by atoms with E-state index in [-0.39, 0.29) is 5.41 Å². The zero-order chi connectivity index (χ0) is 16.5. The van der Waals surface area contributed by atoms with E-state index in [9.17, 15) is 0 Å². The summed E-state index contributed by atoms with van der Waals surface area (Å²) in [7, 11) is 0. The van der Waals surface area contributed by atoms with Crippen molar-refractivity contribution in [2.75, 3.05) is 0 Å². The number of rotatable bonds is 0. The Labute approximate surface area is 150 Å². The van der Waals surface area contributed by atoms with E-state index in [0.29, 0.717) is 5.92 Å². The lowest BCUT2D eigenvalue weighted by atomic mass is 9.49. The molecule has 0 radical (unpaired) electrons. The molecule has 3 aliphatic carbocycles. The van der Waals surface area contributed by atoms with Crippen LogP contribution in [0.3, 0.4) is 0 Å². The van der Waals surface area contributed by atoms with Gasteiger partial charge in [0.1, 0.15) is 0 Å². The second-order valence-electron chi connectivity index (χ2n) is 8.59. The maximum atomic E-state index is 6.71. The molecule has 2 aromatic carbocycles. The first-order chi connectivity index (χ1) is 11.6. The standard InChI is InChI=1S/C23H25Cl/c1-14-10-16-12-15(2)23(17(11-14)13-16)19-7-4-3-6-18(19)22-20(23)8-5-9-21(22)24/h3-9,14-17H,10-13H2,1-2H3. The molecule has 0 aromatic heterocycles. The maximum absolute atomic E-state index is 6.71. The summed E-state index contributed by atoms with van der Waals surface area (Å²) in [5.74, 6) is 3.23. The summed E-state index contributed by atoms with van der Waals surface area (Å²) < 4.78 is 0. The highest BCUT2D eigenvalue weighted by Crippen LogP contribution is 2.65. The van der Waals surface area contributed by atoms with Crippen molar-refractivity contribution in [3.8, 4) is 11.1 Å². The van der Waals surface area contributed by atoms with Crippen LogP contribution in [0.25, 0.3) is 11.1 Å². The van der Waals surface area contributed by atoms with Gasteiger partial charge < -0.3 is 0 Å². The van der Waals surface area contributed by atoms with E-state index < -0.39 is 0 Å². The molecule has 3 aliphatic rings. The van der Waals surface area contributed by atoms with Crippen molar-refractivity contribution < 1.29 is 0 Å². The number of halogens is 1. The molecule has 5 unspecified atom stereocenters. The average molecular weight is 337 g/mol. The maximum Gasteiger partial charge on any atom is 0.0487 e. The monoisotopic (exact) mass is 336 g/mol. The number of fused-ring (bicyclic) bond motifs is 8. The van der Waals surface area contributed by atoms with Crippen LogP contribution in [0.4, 0.5) is 0 Å². The van der Waals surface area contributed by atoms with Crippen molar-refractivity contribution in [2.45, 2.75) is 44.9 Å². The minimum absolute atomic E-state index is 0.183. The van der Waals surface area contributed by atoms with Gasteiger partial charge in [-0.2, -0.15) is 0 Å². The third-order valence-electron chi connectivity index (χ3n) is 7.25. The Morgan fingerprint density at radius 2 is 1.67 bits per heavy atom. The highest BCUT2D eigenvalue weighted by molar-refractivity contribution is 6.33. The molecule has 0 N–H and O–H groups in total. The minimum atomic E-state index is 0.183. The third-order valence-corrected chi connectivity index (χ3v) is 7.56. The molecule has 2 fully saturated rings. The van der Waals surface area contributed by atoms with E-state index in [1.54, 1.807) is 5.56 Å². The fourth-order valence-electron chi connectivity index (χ4n) is 6.72. The third kappa shape index (κ3) is 1.76. The first-order valence-corrected chi connectivity index (χ1v) is 9.89. The van der Waals surface area contributed by atoms with Gasteiger partial charge in [-0.25, -0.2) is 0 Å². The molecule has 2 saturated carbocycles. The van der Waals surface area contributed by atoms with Crippen LogP contribution in [0.15, 0.2) is 42.5 Å². The zero-order valence-corrected chi connectivity index (χ0v) is 15.3. The number of hydrogen-bond donors (Lipinski definition) is 0. The van der Waals surface area contributed by atoms with Crippen LogP contribution in [0.5, 0.6) is 0 Å². The summed E-state index contributed by atoms with van der Waals surface area (Å²) in [5.41, 5.74) is 5.96. The van der Waals surface area contributed by atoms with Crippen molar-refractivity contribution in [1.29, 1.82) is 0 Å². The van der Waals surface area contributed by atoms with Gasteiger partial charge in [0.2, 0.25) is 0 Å². The molecule has 0 saturated heterocycles. The molecule has 0 heterocycles. The molecule has 1 heteroatoms. The van der Waals surface area contributed by atoms with Gasteiger partial charge in [0.15, 0.2) is 0 Å². The van der Waals surface area contributed by atoms with Gasteiger partial charge in [-0.15, -0.1) is 0 Å². The molecule has 2 aromatic rings. The fraction of sp³-hybridized carbons (Fsp3) is 0.478. The smallest absolute Gasteiger partial charge is 0.0487 e. The summed E-state index contributed by atoms with van der Waals surface area (Å²) in [4.78, 5) is 0. The predicted octanol–water partition coefficient (Wildman–Crippen LogP) is 6.70. The first-order valence-electron chi connectivity index (χ1n) is 9.51. The molecule has 0 amide bonds. The molecular weight excluding hydrogens is 312 g/mol. The minimum Gasteiger partial charge on any atom is -0.0837 e. The SMILES string of the molecule is CC1CC2CC(C)C3(c4ccccc4-c4c(Cl)cccc43)C(C1)C2. The van der Waals surface area contributed by atoms with E-state index in [4.69, 9.17) is 11.6 Å². The predicted molar refractivity (Wildman–Crippen MR) is 101 cm³/mol. The van der Waals surface area contributed by atoms with Crippen molar-refractivity contribution in [3.05, 3.63) is 58.6 Å². The van der Waals surface area contributed by atoms with Crippen LogP contribution in [0.2, 0.25) is 5.02 Å². The van der Waals surface area contributed by atoms with Gasteiger partial charge in [0.25, 0.3) is 0 Å². The Bertz CT molecular complexity index is 803. The Hall–Kier alpha value is -1.27. The lowest BCUT2D eigenvalue weighted by molar-refractivity contribution is 0.0426. The topological polar surface area (TPSA) is 0 Å². The van der Waals surface area contributed by atoms with Crippen molar-refractivity contribution in [3.63, 3.8) is 0 Å². The molecule has 5 rings (SSSR count). The van der Waals surface area contributed by atoms with Crippen LogP contribution >= 0.6 is 11.6 Å². The van der Waals surface area contributed by atoms with Crippen molar-refractivity contribution in [1.82, 2.24) is 0 Å². The summed E-state index contributed by atoms with van der Waals surface area (Å²) >= 11 is 6.71. The van der Waals surface area contributed by atoms with E-state index in [1.165, 1.54) is 42.4 Å². The van der Waals surface area contributed by atoms with Gasteiger partial charge in [-0.05, 0) is 72.1 Å². The van der Waals surface area contributed by atoms with Gasteiger partial charge in [0, 0.05) is 16.0 Å². The van der Waals surface area contributed by atoms with Crippen LogP contribution in [-0.2, 0) is 5.41 Å². The van der Waals surface area contributed by atoms with E-state index in [2.05, 4.69) is 56.3 Å². The van der Waals surface area contributed by atoms with Crippen LogP contribution in [0.1, 0.15) is 50.7 Å². The Kier molecular flexibility index (Phi) is 3.20. The van der Waals surface area contributed by atoms with Crippen molar-refractivity contribution in [2.24, 2.45) is 23.7 Å². The van der Waals surface area contributed by atoms with E-state index >= 15 is 0 Å². The van der Waals surface area contributed by atoms with Crippen molar-refractivity contribution >= 4 is 11.6 Å². The molecule has 5 atom stereocenters. The highest BCUT2D eigenvalue weighted by Gasteiger charge is 2.56. The average Bonchev–Trinajstić information content (AvgIpc) is 2.85. The molecule has 24 heavy (non-hydrogen) atoms. The number of benzene rings is 2. The first kappa shape index (κ1) is 15.0. The quantitative estimate of drug-likeness (QED) is 0.502. The highest BCUT2D eigenvalue weighted by atomic mass is 35.5. The molecule has 124 valence electrons. The molecule has 1 spiro atoms. The van der Waals surface area contributed by atoms with Gasteiger partial charge in [0.05, 0.1) is 0 Å². The van der Waals surface area contributed by atoms with Gasteiger partial charge in [-0.3, -0.25) is 0 Å². The van der Waals surface area contributed by atoms with Crippen LogP contribution in [-0.4, -0.2) is 0 Å². The molecular formula is C23H25Cl. The van der Waals surface area contributed by atoms with Crippen LogP contribution < -0.4 is 0 Å². The zero-order valence-electron chi connectivity index (χ0n) is 14.6. The molecule has 2 bridgehead atoms. The van der Waals surface area contributed by atoms with Crippen LogP contribution in [0, 0.1) is 23.7 Å². The Balaban J connectivity index is 1.83. The molecule has 0 aliphatic heterocycles. The van der Waals surface area contributed by atoms with E-state index in [1.807, 2.05) is 0 Å². The second kappa shape index (κ2) is 5.11.